The van der Waals surface area contributed by atoms with E-state index >= 15 is 0 Å². The van der Waals surface area contributed by atoms with Gasteiger partial charge in [0.25, 0.3) is 5.91 Å². The Morgan fingerprint density at radius 1 is 0.831 bits per heavy atom. The predicted molar refractivity (Wildman–Crippen MR) is 233 cm³/mol. The highest BCUT2D eigenvalue weighted by molar-refractivity contribution is 6.33. The fourth-order valence-electron chi connectivity index (χ4n) is 15.0. The Balaban J connectivity index is 1.14. The molecule has 1 amide bonds. The number of esters is 1. The summed E-state index contributed by atoms with van der Waals surface area (Å²) in [6.45, 7) is 22.5. The van der Waals surface area contributed by atoms with Gasteiger partial charge in [0.05, 0.1) is 22.4 Å². The number of allylic oxidation sites excluding steroid dienone is 2. The highest BCUT2D eigenvalue weighted by atomic mass is 35.5. The van der Waals surface area contributed by atoms with Crippen LogP contribution in [-0.2, 0) is 19.1 Å². The highest BCUT2D eigenvalue weighted by Crippen LogP contribution is 2.77. The lowest BCUT2D eigenvalue weighted by atomic mass is 9.33. The van der Waals surface area contributed by atoms with Gasteiger partial charge in [-0.05, 0) is 141 Å². The van der Waals surface area contributed by atoms with E-state index in [1.54, 1.807) is 6.07 Å². The molecule has 6 aliphatic rings. The molecular formula is C50H73ClN2O6. The van der Waals surface area contributed by atoms with Crippen LogP contribution in [0.5, 0.6) is 0 Å². The number of rotatable bonds is 11. The van der Waals surface area contributed by atoms with Crippen LogP contribution in [0.15, 0.2) is 35.4 Å². The normalized spacial score (nSPS) is 38.2. The van der Waals surface area contributed by atoms with Crippen LogP contribution in [0.1, 0.15) is 143 Å². The fourth-order valence-corrected chi connectivity index (χ4v) is 15.2. The first-order chi connectivity index (χ1) is 27.5. The summed E-state index contributed by atoms with van der Waals surface area (Å²) in [5, 5.41) is 10.2. The Labute approximate surface area is 359 Å². The zero-order valence-electron chi connectivity index (χ0n) is 38.0. The average Bonchev–Trinajstić information content (AvgIpc) is 3.44. The average molecular weight is 834 g/mol. The quantitative estimate of drug-likeness (QED) is 0.221. The molecule has 0 heterocycles. The first kappa shape index (κ1) is 44.3. The number of carbonyl (C=O) groups is 4. The zero-order chi connectivity index (χ0) is 43.2. The van der Waals surface area contributed by atoms with E-state index in [1.165, 1.54) is 5.57 Å². The van der Waals surface area contributed by atoms with Gasteiger partial charge < -0.3 is 19.6 Å². The van der Waals surface area contributed by atoms with Crippen LogP contribution in [-0.4, -0.2) is 78.4 Å². The van der Waals surface area contributed by atoms with Crippen molar-refractivity contribution in [2.75, 3.05) is 33.7 Å². The number of hydrogen-bond acceptors (Lipinski definition) is 6. The molecule has 8 nitrogen and oxygen atoms in total. The van der Waals surface area contributed by atoms with Crippen LogP contribution in [0, 0.1) is 68.0 Å². The molecular weight excluding hydrogens is 760 g/mol. The van der Waals surface area contributed by atoms with Crippen LogP contribution < -0.4 is 0 Å². The lowest BCUT2D eigenvalue weighted by Crippen LogP contribution is -2.66. The lowest BCUT2D eigenvalue weighted by Gasteiger charge is -2.72. The van der Waals surface area contributed by atoms with Crippen molar-refractivity contribution >= 4 is 35.2 Å². The van der Waals surface area contributed by atoms with E-state index < -0.39 is 17.3 Å². The molecule has 1 aromatic carbocycles. The van der Waals surface area contributed by atoms with Crippen molar-refractivity contribution in [1.82, 2.24) is 9.80 Å². The van der Waals surface area contributed by atoms with Crippen molar-refractivity contribution in [1.29, 1.82) is 0 Å². The number of nitrogens with zero attached hydrogens (tertiary/aromatic N) is 2. The number of likely N-dealkylation sites (N-methyl/N-ethyl adjacent to an activating group) is 1. The number of ketones is 1. The molecule has 10 atom stereocenters. The number of amides is 1. The molecule has 0 radical (unpaired) electrons. The summed E-state index contributed by atoms with van der Waals surface area (Å²) in [5.74, 6) is -0.297. The second-order valence-electron chi connectivity index (χ2n) is 22.6. The Kier molecular flexibility index (Phi) is 11.5. The molecule has 0 aliphatic heterocycles. The number of ether oxygens (including phenoxy) is 1. The topological polar surface area (TPSA) is 104 Å². The molecule has 326 valence electrons. The standard InChI is InChI=1S/C50H73ClN2O6/c1-30(2)40-36(54)29-50(24-25-53(27-26-52(10)11)42(55)31-14-12-13-15-35(31)51)23-22-48(8)32(41(40)50)16-17-38-47(7)20-19-39(46(5,6)37(47)18-21-49(38,48)9)59-44(58)34-28-33(43(56)57)45(34,3)4/h12-15,30,32-34,37-39H,16-29H2,1-11H3,(H,56,57)/t32-,33+,34-,37+,38-,39+,47+,48-,49-,50-/m1/s1. The molecule has 9 heteroatoms. The van der Waals surface area contributed by atoms with E-state index in [0.29, 0.717) is 60.1 Å². The maximum atomic E-state index is 14.3. The fraction of sp³-hybridized carbons (Fsp3) is 0.760. The third-order valence-corrected chi connectivity index (χ3v) is 19.0. The largest absolute Gasteiger partial charge is 0.481 e. The molecule has 7 rings (SSSR count). The number of benzene rings is 1. The number of aliphatic carboxylic acids is 1. The van der Waals surface area contributed by atoms with E-state index in [1.807, 2.05) is 51.0 Å². The number of carboxylic acid groups (broad SMARTS) is 1. The highest BCUT2D eigenvalue weighted by Gasteiger charge is 2.70. The summed E-state index contributed by atoms with van der Waals surface area (Å²) >= 11 is 6.59. The predicted octanol–water partition coefficient (Wildman–Crippen LogP) is 10.4. The van der Waals surface area contributed by atoms with Gasteiger partial charge in [-0.3, -0.25) is 19.2 Å². The van der Waals surface area contributed by atoms with E-state index in [-0.39, 0.29) is 56.9 Å². The number of carbonyl (C=O) groups excluding carboxylic acids is 3. The van der Waals surface area contributed by atoms with E-state index in [4.69, 9.17) is 16.3 Å². The van der Waals surface area contributed by atoms with Gasteiger partial charge in [-0.15, -0.1) is 0 Å². The Hall–Kier alpha value is -2.71. The van der Waals surface area contributed by atoms with Crippen molar-refractivity contribution in [3.8, 4) is 0 Å². The molecule has 0 saturated heterocycles. The minimum atomic E-state index is -0.829. The summed E-state index contributed by atoms with van der Waals surface area (Å²) in [4.78, 5) is 58.0. The maximum absolute atomic E-state index is 14.3. The molecule has 0 spiro atoms. The molecule has 5 saturated carbocycles. The van der Waals surface area contributed by atoms with E-state index in [9.17, 15) is 24.3 Å². The van der Waals surface area contributed by atoms with Crippen LogP contribution in [0.3, 0.4) is 0 Å². The van der Waals surface area contributed by atoms with Crippen molar-refractivity contribution in [3.63, 3.8) is 0 Å². The van der Waals surface area contributed by atoms with Gasteiger partial charge in [-0.25, -0.2) is 0 Å². The number of fused-ring (bicyclic) bond motifs is 7. The molecule has 0 aromatic heterocycles. The Bertz CT molecular complexity index is 1900. The van der Waals surface area contributed by atoms with Crippen molar-refractivity contribution in [3.05, 3.63) is 46.0 Å². The summed E-state index contributed by atoms with van der Waals surface area (Å²) in [6, 6.07) is 7.34. The van der Waals surface area contributed by atoms with Gasteiger partial charge >= 0.3 is 11.9 Å². The Morgan fingerprint density at radius 3 is 2.15 bits per heavy atom. The third-order valence-electron chi connectivity index (χ3n) is 18.7. The minimum Gasteiger partial charge on any atom is -0.481 e. The van der Waals surface area contributed by atoms with Gasteiger partial charge in [0, 0.05) is 36.9 Å². The van der Waals surface area contributed by atoms with Gasteiger partial charge in [0.1, 0.15) is 6.10 Å². The monoisotopic (exact) mass is 833 g/mol. The number of halogens is 1. The van der Waals surface area contributed by atoms with Crippen molar-refractivity contribution in [2.24, 2.45) is 68.0 Å². The third kappa shape index (κ3) is 6.86. The number of carboxylic acids is 1. The van der Waals surface area contributed by atoms with Crippen LogP contribution in [0.4, 0.5) is 0 Å². The van der Waals surface area contributed by atoms with Gasteiger partial charge in [0.15, 0.2) is 5.78 Å². The van der Waals surface area contributed by atoms with Gasteiger partial charge in [-0.1, -0.05) is 91.6 Å². The van der Waals surface area contributed by atoms with Crippen molar-refractivity contribution in [2.45, 2.75) is 139 Å². The minimum absolute atomic E-state index is 0.0232. The van der Waals surface area contributed by atoms with Gasteiger partial charge in [0.2, 0.25) is 0 Å². The van der Waals surface area contributed by atoms with Crippen LogP contribution in [0.25, 0.3) is 0 Å². The zero-order valence-corrected chi connectivity index (χ0v) is 38.8. The molecule has 0 bridgehead atoms. The second-order valence-corrected chi connectivity index (χ2v) is 23.0. The smallest absolute Gasteiger partial charge is 0.309 e. The number of hydrogen-bond donors (Lipinski definition) is 1. The summed E-state index contributed by atoms with van der Waals surface area (Å²) in [7, 11) is 4.07. The summed E-state index contributed by atoms with van der Waals surface area (Å²) in [5.41, 5.74) is 2.17. The Morgan fingerprint density at radius 2 is 1.53 bits per heavy atom. The molecule has 1 N–H and O–H groups in total. The van der Waals surface area contributed by atoms with Crippen molar-refractivity contribution < 1.29 is 29.0 Å². The van der Waals surface area contributed by atoms with E-state index in [0.717, 1.165) is 69.9 Å². The van der Waals surface area contributed by atoms with Crippen LogP contribution in [0.2, 0.25) is 5.02 Å². The van der Waals surface area contributed by atoms with E-state index in [2.05, 4.69) is 53.4 Å². The summed E-state index contributed by atoms with van der Waals surface area (Å²) < 4.78 is 6.45. The molecule has 0 unspecified atom stereocenters. The molecule has 1 aromatic rings. The first-order valence-electron chi connectivity index (χ1n) is 22.9. The van der Waals surface area contributed by atoms with Crippen LogP contribution >= 0.6 is 11.6 Å². The lowest BCUT2D eigenvalue weighted by molar-refractivity contribution is -0.236. The SMILES string of the molecule is CC(C)C1=C2[C@H]3CC[C@@H]4[C@@]5(C)CC[C@H](OC(=O)[C@H]6C[C@@H](C(=O)O)C6(C)C)C(C)(C)[C@@H]5CC[C@@]4(C)[C@]3(C)CC[C@@]2(CCN(CCN(C)C)C(=O)c2ccccc2Cl)CC1=O. The second kappa shape index (κ2) is 15.3. The summed E-state index contributed by atoms with van der Waals surface area (Å²) in [6.07, 6.45) is 9.75. The van der Waals surface area contributed by atoms with Gasteiger partial charge in [-0.2, -0.15) is 0 Å². The first-order valence-corrected chi connectivity index (χ1v) is 23.2. The number of Topliss-reactive ketones (excluding diaryl/α,β-unsaturated/α-hetero) is 1. The molecule has 5 fully saturated rings. The molecule has 59 heavy (non-hydrogen) atoms. The molecule has 6 aliphatic carbocycles. The maximum Gasteiger partial charge on any atom is 0.309 e.